The van der Waals surface area contributed by atoms with Crippen molar-refractivity contribution in [1.82, 2.24) is 5.32 Å². The monoisotopic (exact) mass is 297 g/mol. The minimum absolute atomic E-state index is 0.115. The normalized spacial score (nSPS) is 13.3. The van der Waals surface area contributed by atoms with Crippen LogP contribution < -0.4 is 10.1 Å². The van der Waals surface area contributed by atoms with E-state index in [1.807, 2.05) is 18.2 Å². The molecule has 1 aromatic carbocycles. The Morgan fingerprint density at radius 1 is 1.30 bits per heavy atom. The number of rotatable bonds is 7. The summed E-state index contributed by atoms with van der Waals surface area (Å²) in [6.07, 6.45) is 4.55. The van der Waals surface area contributed by atoms with E-state index in [1.54, 1.807) is 7.11 Å². The molecular formula is C17H28ClNO. The SMILES string of the molecule is CCCCC(Cc1cc(OC)ccc1Cl)NC(C)(C)C. The summed E-state index contributed by atoms with van der Waals surface area (Å²) in [5, 5.41) is 4.53. The standard InChI is InChI=1S/C17H28ClNO/c1-6-7-8-14(19-17(2,3)4)11-13-12-15(20-5)9-10-16(13)18/h9-10,12,14,19H,6-8,11H2,1-5H3. The molecule has 0 radical (unpaired) electrons. The maximum absolute atomic E-state index is 6.32. The lowest BCUT2D eigenvalue weighted by Gasteiger charge is -2.29. The molecule has 1 aromatic rings. The second-order valence-electron chi connectivity index (χ2n) is 6.39. The first-order valence-corrected chi connectivity index (χ1v) is 7.83. The molecule has 1 N–H and O–H groups in total. The van der Waals surface area contributed by atoms with Crippen LogP contribution >= 0.6 is 11.6 Å². The van der Waals surface area contributed by atoms with Gasteiger partial charge in [0.2, 0.25) is 0 Å². The number of unbranched alkanes of at least 4 members (excludes halogenated alkanes) is 1. The Kier molecular flexibility index (Phi) is 6.84. The quantitative estimate of drug-likeness (QED) is 0.777. The second-order valence-corrected chi connectivity index (χ2v) is 6.80. The predicted molar refractivity (Wildman–Crippen MR) is 87.9 cm³/mol. The van der Waals surface area contributed by atoms with E-state index in [-0.39, 0.29) is 5.54 Å². The molecule has 0 saturated carbocycles. The van der Waals surface area contributed by atoms with E-state index in [2.05, 4.69) is 33.0 Å². The van der Waals surface area contributed by atoms with Gasteiger partial charge in [0.1, 0.15) is 5.75 Å². The molecule has 0 aliphatic heterocycles. The minimum Gasteiger partial charge on any atom is -0.497 e. The molecule has 0 aliphatic rings. The van der Waals surface area contributed by atoms with E-state index in [4.69, 9.17) is 16.3 Å². The van der Waals surface area contributed by atoms with Crippen LogP contribution in [0.25, 0.3) is 0 Å². The summed E-state index contributed by atoms with van der Waals surface area (Å²) in [6, 6.07) is 6.32. The van der Waals surface area contributed by atoms with Gasteiger partial charge in [-0.2, -0.15) is 0 Å². The lowest BCUT2D eigenvalue weighted by Crippen LogP contribution is -2.44. The number of benzene rings is 1. The van der Waals surface area contributed by atoms with Crippen molar-refractivity contribution in [2.45, 2.75) is 65.0 Å². The summed E-state index contributed by atoms with van der Waals surface area (Å²) in [6.45, 7) is 8.85. The summed E-state index contributed by atoms with van der Waals surface area (Å²) < 4.78 is 5.29. The maximum atomic E-state index is 6.32. The number of ether oxygens (including phenoxy) is 1. The van der Waals surface area contributed by atoms with Gasteiger partial charge in [-0.15, -0.1) is 0 Å². The number of hydrogen-bond donors (Lipinski definition) is 1. The van der Waals surface area contributed by atoms with Gasteiger partial charge in [0.05, 0.1) is 7.11 Å². The Morgan fingerprint density at radius 3 is 2.55 bits per heavy atom. The van der Waals surface area contributed by atoms with Gasteiger partial charge < -0.3 is 10.1 Å². The lowest BCUT2D eigenvalue weighted by atomic mass is 9.97. The number of halogens is 1. The molecule has 0 aliphatic carbocycles. The van der Waals surface area contributed by atoms with Crippen LogP contribution in [0.2, 0.25) is 5.02 Å². The average Bonchev–Trinajstić information content (AvgIpc) is 2.36. The zero-order valence-electron chi connectivity index (χ0n) is 13.4. The lowest BCUT2D eigenvalue weighted by molar-refractivity contribution is 0.337. The zero-order valence-corrected chi connectivity index (χ0v) is 14.2. The zero-order chi connectivity index (χ0) is 15.2. The van der Waals surface area contributed by atoms with Crippen LogP contribution in [-0.2, 0) is 6.42 Å². The first kappa shape index (κ1) is 17.3. The number of hydrogen-bond acceptors (Lipinski definition) is 2. The van der Waals surface area contributed by atoms with Crippen LogP contribution in [0.15, 0.2) is 18.2 Å². The Balaban J connectivity index is 2.82. The third kappa shape index (κ3) is 6.15. The second kappa shape index (κ2) is 7.90. The molecule has 3 heteroatoms. The minimum atomic E-state index is 0.115. The largest absolute Gasteiger partial charge is 0.497 e. The van der Waals surface area contributed by atoms with Crippen LogP contribution in [-0.4, -0.2) is 18.7 Å². The third-order valence-corrected chi connectivity index (χ3v) is 3.63. The molecule has 1 atom stereocenters. The first-order valence-electron chi connectivity index (χ1n) is 7.46. The molecular weight excluding hydrogens is 270 g/mol. The molecule has 20 heavy (non-hydrogen) atoms. The number of nitrogens with one attached hydrogen (secondary N) is 1. The van der Waals surface area contributed by atoms with Gasteiger partial charge in [0.15, 0.2) is 0 Å². The molecule has 2 nitrogen and oxygen atoms in total. The Bertz CT molecular complexity index is 412. The first-order chi connectivity index (χ1) is 9.35. The summed E-state index contributed by atoms with van der Waals surface area (Å²) in [7, 11) is 1.69. The van der Waals surface area contributed by atoms with Crippen molar-refractivity contribution < 1.29 is 4.74 Å². The Hall–Kier alpha value is -0.730. The van der Waals surface area contributed by atoms with E-state index < -0.39 is 0 Å². The van der Waals surface area contributed by atoms with E-state index in [0.29, 0.717) is 6.04 Å². The fourth-order valence-electron chi connectivity index (χ4n) is 2.39. The summed E-state index contributed by atoms with van der Waals surface area (Å²) >= 11 is 6.32. The van der Waals surface area contributed by atoms with Gasteiger partial charge in [-0.25, -0.2) is 0 Å². The van der Waals surface area contributed by atoms with Gasteiger partial charge in [0.25, 0.3) is 0 Å². The summed E-state index contributed by atoms with van der Waals surface area (Å²) in [4.78, 5) is 0. The Morgan fingerprint density at radius 2 is 2.00 bits per heavy atom. The average molecular weight is 298 g/mol. The van der Waals surface area contributed by atoms with E-state index in [0.717, 1.165) is 22.8 Å². The molecule has 0 saturated heterocycles. The molecule has 0 aromatic heterocycles. The van der Waals surface area contributed by atoms with Gasteiger partial charge in [-0.05, 0) is 57.4 Å². The van der Waals surface area contributed by atoms with E-state index >= 15 is 0 Å². The summed E-state index contributed by atoms with van der Waals surface area (Å²) in [5.74, 6) is 0.870. The topological polar surface area (TPSA) is 21.3 Å². The van der Waals surface area contributed by atoms with Gasteiger partial charge in [-0.3, -0.25) is 0 Å². The van der Waals surface area contributed by atoms with Crippen molar-refractivity contribution in [2.24, 2.45) is 0 Å². The molecule has 0 amide bonds. The van der Waals surface area contributed by atoms with Crippen LogP contribution in [0.3, 0.4) is 0 Å². The highest BCUT2D eigenvalue weighted by Gasteiger charge is 2.18. The van der Waals surface area contributed by atoms with Gasteiger partial charge in [-0.1, -0.05) is 31.4 Å². The fourth-order valence-corrected chi connectivity index (χ4v) is 2.58. The fraction of sp³-hybridized carbons (Fsp3) is 0.647. The highest BCUT2D eigenvalue weighted by atomic mass is 35.5. The molecule has 0 spiro atoms. The van der Waals surface area contributed by atoms with Crippen LogP contribution in [0.5, 0.6) is 5.75 Å². The van der Waals surface area contributed by atoms with E-state index in [1.165, 1.54) is 19.3 Å². The van der Waals surface area contributed by atoms with Crippen molar-refractivity contribution in [3.05, 3.63) is 28.8 Å². The smallest absolute Gasteiger partial charge is 0.119 e. The van der Waals surface area contributed by atoms with Crippen LogP contribution in [0.4, 0.5) is 0 Å². The molecule has 114 valence electrons. The van der Waals surface area contributed by atoms with Crippen molar-refractivity contribution >= 4 is 11.6 Å². The maximum Gasteiger partial charge on any atom is 0.119 e. The molecule has 0 fully saturated rings. The highest BCUT2D eigenvalue weighted by Crippen LogP contribution is 2.24. The molecule has 1 unspecified atom stereocenters. The Labute approximate surface area is 128 Å². The van der Waals surface area contributed by atoms with Gasteiger partial charge >= 0.3 is 0 Å². The molecule has 1 rings (SSSR count). The summed E-state index contributed by atoms with van der Waals surface area (Å²) in [5.41, 5.74) is 1.27. The van der Waals surface area contributed by atoms with Gasteiger partial charge in [0, 0.05) is 16.6 Å². The number of methoxy groups -OCH3 is 1. The predicted octanol–water partition coefficient (Wildman–Crippen LogP) is 4.84. The third-order valence-electron chi connectivity index (χ3n) is 3.26. The van der Waals surface area contributed by atoms with Crippen LogP contribution in [0, 0.1) is 0 Å². The van der Waals surface area contributed by atoms with Crippen molar-refractivity contribution in [1.29, 1.82) is 0 Å². The van der Waals surface area contributed by atoms with Crippen LogP contribution in [0.1, 0.15) is 52.5 Å². The highest BCUT2D eigenvalue weighted by molar-refractivity contribution is 6.31. The van der Waals surface area contributed by atoms with Crippen molar-refractivity contribution in [2.75, 3.05) is 7.11 Å². The van der Waals surface area contributed by atoms with Crippen molar-refractivity contribution in [3.8, 4) is 5.75 Å². The molecule has 0 heterocycles. The molecule has 0 bridgehead atoms. The van der Waals surface area contributed by atoms with E-state index in [9.17, 15) is 0 Å². The van der Waals surface area contributed by atoms with Crippen molar-refractivity contribution in [3.63, 3.8) is 0 Å².